The Morgan fingerprint density at radius 1 is 0.574 bits per heavy atom. The first-order valence-electron chi connectivity index (χ1n) is 18.7. The molecule has 0 aliphatic rings. The van der Waals surface area contributed by atoms with Crippen LogP contribution in [0.15, 0.2) is 144 Å². The van der Waals surface area contributed by atoms with Crippen molar-refractivity contribution in [2.24, 2.45) is 0 Å². The molecule has 0 saturated heterocycles. The number of fused-ring (bicyclic) bond motifs is 7. The lowest BCUT2D eigenvalue weighted by atomic mass is 10.1. The smallest absolute Gasteiger partial charge is 0.238 e. The fourth-order valence-corrected chi connectivity index (χ4v) is 7.03. The minimum absolute atomic E-state index is 0.0747. The zero-order valence-electron chi connectivity index (χ0n) is 32.2. The Morgan fingerprint density at radius 2 is 1.30 bits per heavy atom. The molecule has 6 aromatic carbocycles. The summed E-state index contributed by atoms with van der Waals surface area (Å²) < 4.78 is 78.3. The fraction of sp³-hybridized carbons (Fsp3) is 0. The van der Waals surface area contributed by atoms with E-state index in [-0.39, 0.29) is 39.4 Å². The van der Waals surface area contributed by atoms with Gasteiger partial charge in [0, 0.05) is 38.2 Å². The molecule has 47 heavy (non-hydrogen) atoms. The average Bonchev–Trinajstić information content (AvgIpc) is 3.93. The van der Waals surface area contributed by atoms with Gasteiger partial charge in [0.05, 0.1) is 32.2 Å². The third kappa shape index (κ3) is 4.10. The number of benzene rings is 6. The third-order valence-corrected chi connectivity index (χ3v) is 9.24. The Hall–Kier alpha value is -6.18. The molecule has 0 fully saturated rings. The van der Waals surface area contributed by atoms with E-state index in [1.165, 1.54) is 15.9 Å². The average molecular weight is 630 g/mol. The van der Waals surface area contributed by atoms with Gasteiger partial charge in [0.1, 0.15) is 16.2 Å². The van der Waals surface area contributed by atoms with Crippen molar-refractivity contribution in [2.45, 2.75) is 0 Å². The van der Waals surface area contributed by atoms with Gasteiger partial charge in [-0.15, -0.1) is 11.3 Å². The molecular formula is C40H23N5OS. The van der Waals surface area contributed by atoms with Gasteiger partial charge >= 0.3 is 0 Å². The van der Waals surface area contributed by atoms with E-state index in [0.717, 1.165) is 26.0 Å². The van der Waals surface area contributed by atoms with Gasteiger partial charge in [0.2, 0.25) is 5.95 Å². The number of rotatable bonds is 4. The zero-order chi connectivity index (χ0) is 37.9. The molecule has 0 radical (unpaired) electrons. The lowest BCUT2D eigenvalue weighted by molar-refractivity contribution is 0.669. The molecule has 6 nitrogen and oxygen atoms in total. The van der Waals surface area contributed by atoms with E-state index >= 15 is 0 Å². The van der Waals surface area contributed by atoms with Gasteiger partial charge in [-0.05, 0) is 42.4 Å². The number of thiazole rings is 1. The first-order chi connectivity index (χ1) is 26.6. The zero-order valence-corrected chi connectivity index (χ0v) is 25.0. The van der Waals surface area contributed by atoms with Crippen molar-refractivity contribution >= 4 is 65.3 Å². The molecule has 0 unspecified atom stereocenters. The van der Waals surface area contributed by atoms with Crippen molar-refractivity contribution < 1.29 is 15.4 Å². The van der Waals surface area contributed by atoms with E-state index in [9.17, 15) is 0 Å². The Balaban J connectivity index is 1.32. The fourth-order valence-electron chi connectivity index (χ4n) is 6.03. The molecular weight excluding hydrogens is 599 g/mol. The predicted octanol–water partition coefficient (Wildman–Crippen LogP) is 10.5. The van der Waals surface area contributed by atoms with Gasteiger partial charge in [0.25, 0.3) is 0 Å². The molecule has 0 spiro atoms. The van der Waals surface area contributed by atoms with Gasteiger partial charge in [0.15, 0.2) is 11.6 Å². The van der Waals surface area contributed by atoms with Crippen LogP contribution >= 0.6 is 11.3 Å². The molecule has 10 rings (SSSR count). The monoisotopic (exact) mass is 629 g/mol. The first-order valence-corrected chi connectivity index (χ1v) is 15.6. The summed E-state index contributed by atoms with van der Waals surface area (Å²) in [5.41, 5.74) is 3.81. The van der Waals surface area contributed by atoms with Crippen molar-refractivity contribution in [2.75, 3.05) is 0 Å². The molecule has 0 atom stereocenters. The second-order valence-electron chi connectivity index (χ2n) is 10.9. The summed E-state index contributed by atoms with van der Waals surface area (Å²) in [5.74, 6) is 0.265. The molecule has 10 aromatic rings. The molecule has 220 valence electrons. The highest BCUT2D eigenvalue weighted by Gasteiger charge is 2.20. The molecule has 7 heteroatoms. The third-order valence-electron chi connectivity index (χ3n) is 8.17. The number of hydrogen-bond acceptors (Lipinski definition) is 6. The van der Waals surface area contributed by atoms with Crippen molar-refractivity contribution in [1.82, 2.24) is 24.5 Å². The number of nitrogens with zero attached hydrogens (tertiary/aromatic N) is 5. The van der Waals surface area contributed by atoms with Crippen LogP contribution in [0.4, 0.5) is 0 Å². The molecule has 0 saturated carbocycles. The highest BCUT2D eigenvalue weighted by molar-refractivity contribution is 7.21. The number of hydrogen-bond donors (Lipinski definition) is 0. The van der Waals surface area contributed by atoms with Crippen molar-refractivity contribution in [1.29, 1.82) is 0 Å². The second-order valence-corrected chi connectivity index (χ2v) is 11.9. The Kier molecular flexibility index (Phi) is 4.19. The molecule has 4 aromatic heterocycles. The minimum Gasteiger partial charge on any atom is -0.456 e. The van der Waals surface area contributed by atoms with Crippen LogP contribution in [0.5, 0.6) is 0 Å². The van der Waals surface area contributed by atoms with Gasteiger partial charge in [-0.25, -0.2) is 9.97 Å². The van der Waals surface area contributed by atoms with Gasteiger partial charge in [-0.2, -0.15) is 9.97 Å². The van der Waals surface area contributed by atoms with E-state index in [4.69, 9.17) is 35.3 Å². The van der Waals surface area contributed by atoms with E-state index in [2.05, 4.69) is 0 Å². The molecule has 0 N–H and O–H groups in total. The standard InChI is InChI=1S/C40H23N5OS/c1-2-11-24(12-3-1)39-41-36-30(16-10-20-35(36)47-39)38-42-37(25-21-22-29-28-15-6-9-19-33(28)46-34(29)23-25)43-40(44-38)45-31-17-7-4-13-26(31)27-14-5-8-18-32(27)45/h1-23H/i4D,5D,7D,8D,13D,14D,17D,18D. The molecule has 0 amide bonds. The number of aromatic nitrogens is 5. The van der Waals surface area contributed by atoms with E-state index in [0.29, 0.717) is 27.8 Å². The van der Waals surface area contributed by atoms with Crippen LogP contribution in [-0.4, -0.2) is 24.5 Å². The van der Waals surface area contributed by atoms with E-state index < -0.39 is 48.3 Å². The largest absolute Gasteiger partial charge is 0.456 e. The summed E-state index contributed by atoms with van der Waals surface area (Å²) in [7, 11) is 0. The van der Waals surface area contributed by atoms with Crippen LogP contribution in [0.1, 0.15) is 11.0 Å². The molecule has 0 bridgehead atoms. The molecule has 0 aliphatic carbocycles. The highest BCUT2D eigenvalue weighted by atomic mass is 32.1. The molecule has 0 aliphatic heterocycles. The van der Waals surface area contributed by atoms with Crippen LogP contribution in [0, 0.1) is 0 Å². The maximum Gasteiger partial charge on any atom is 0.238 e. The van der Waals surface area contributed by atoms with Crippen LogP contribution in [0.3, 0.4) is 0 Å². The van der Waals surface area contributed by atoms with Crippen molar-refractivity contribution in [3.8, 4) is 39.3 Å². The summed E-state index contributed by atoms with van der Waals surface area (Å²) in [4.78, 5) is 19.8. The van der Waals surface area contributed by atoms with E-state index in [1.54, 1.807) is 0 Å². The van der Waals surface area contributed by atoms with Gasteiger partial charge in [-0.1, -0.05) is 96.9 Å². The molecule has 4 heterocycles. The van der Waals surface area contributed by atoms with Crippen LogP contribution in [-0.2, 0) is 0 Å². The summed E-state index contributed by atoms with van der Waals surface area (Å²) in [6.45, 7) is 0. The number of furan rings is 1. The lowest BCUT2D eigenvalue weighted by Gasteiger charge is -2.11. The topological polar surface area (TPSA) is 69.6 Å². The maximum atomic E-state index is 9.05. The SMILES string of the molecule is [2H]c1c([2H])c([2H])c2c(c1[2H])c1c([2H])c([2H])c([2H])c([2H])c1n2-c1nc(-c2ccc3c(c2)oc2ccccc23)nc(-c2cccc3sc(-c4ccccc4)nc23)n1. The van der Waals surface area contributed by atoms with Crippen LogP contribution in [0.2, 0.25) is 0 Å². The summed E-state index contributed by atoms with van der Waals surface area (Å²) in [6, 6.07) is 24.8. The summed E-state index contributed by atoms with van der Waals surface area (Å²) in [5, 5.41) is 2.48. The minimum atomic E-state index is -0.540. The van der Waals surface area contributed by atoms with Crippen molar-refractivity contribution in [3.05, 3.63) is 139 Å². The number of para-hydroxylation sites is 4. The lowest BCUT2D eigenvalue weighted by Crippen LogP contribution is -2.06. The first kappa shape index (κ1) is 19.4. The quantitative estimate of drug-likeness (QED) is 0.194. The summed E-state index contributed by atoms with van der Waals surface area (Å²) >= 11 is 1.51. The Labute approximate surface area is 283 Å². The van der Waals surface area contributed by atoms with Crippen LogP contribution in [0.25, 0.3) is 93.3 Å². The Morgan fingerprint density at radius 3 is 2.13 bits per heavy atom. The second kappa shape index (κ2) is 10.2. The van der Waals surface area contributed by atoms with Crippen LogP contribution < -0.4 is 0 Å². The van der Waals surface area contributed by atoms with Gasteiger partial charge in [-0.3, -0.25) is 4.57 Å². The summed E-state index contributed by atoms with van der Waals surface area (Å²) in [6.07, 6.45) is 0. The van der Waals surface area contributed by atoms with Gasteiger partial charge < -0.3 is 4.42 Å². The maximum absolute atomic E-state index is 9.05. The normalized spacial score (nSPS) is 14.2. The predicted molar refractivity (Wildman–Crippen MR) is 191 cm³/mol. The Bertz CT molecular complexity index is 3190. The van der Waals surface area contributed by atoms with E-state index in [1.807, 2.05) is 91.0 Å². The van der Waals surface area contributed by atoms with Crippen molar-refractivity contribution in [3.63, 3.8) is 0 Å². The highest BCUT2D eigenvalue weighted by Crippen LogP contribution is 2.37.